The fourth-order valence-electron chi connectivity index (χ4n) is 3.02. The number of carbonyl (C=O) groups is 1. The SMILES string of the molecule is C=CCN(Cc1cccn1Cc1ccccc1C)C(=O)Nc1ccc(Cl)cc1. The third-order valence-electron chi connectivity index (χ3n) is 4.61. The van der Waals surface area contributed by atoms with Gasteiger partial charge in [0.1, 0.15) is 0 Å². The van der Waals surface area contributed by atoms with Crippen molar-refractivity contribution < 1.29 is 4.79 Å². The number of anilines is 1. The van der Waals surface area contributed by atoms with Gasteiger partial charge in [0.2, 0.25) is 0 Å². The van der Waals surface area contributed by atoms with Gasteiger partial charge in [0.15, 0.2) is 0 Å². The molecule has 2 amide bonds. The molecule has 1 aromatic heterocycles. The van der Waals surface area contributed by atoms with Crippen molar-refractivity contribution in [2.75, 3.05) is 11.9 Å². The average Bonchev–Trinajstić information content (AvgIpc) is 3.12. The number of nitrogens with zero attached hydrogens (tertiary/aromatic N) is 2. The summed E-state index contributed by atoms with van der Waals surface area (Å²) in [4.78, 5) is 14.5. The van der Waals surface area contributed by atoms with Crippen LogP contribution in [0.25, 0.3) is 0 Å². The number of benzene rings is 2. The van der Waals surface area contributed by atoms with Crippen molar-refractivity contribution in [3.63, 3.8) is 0 Å². The summed E-state index contributed by atoms with van der Waals surface area (Å²) in [7, 11) is 0. The third kappa shape index (κ3) is 5.05. The van der Waals surface area contributed by atoms with Crippen molar-refractivity contribution in [2.24, 2.45) is 0 Å². The molecule has 0 fully saturated rings. The molecule has 1 heterocycles. The lowest BCUT2D eigenvalue weighted by Gasteiger charge is -2.23. The Bertz CT molecular complexity index is 946. The fourth-order valence-corrected chi connectivity index (χ4v) is 3.15. The van der Waals surface area contributed by atoms with E-state index in [1.165, 1.54) is 11.1 Å². The first kappa shape index (κ1) is 19.8. The minimum Gasteiger partial charge on any atom is -0.345 e. The van der Waals surface area contributed by atoms with Gasteiger partial charge in [0, 0.05) is 35.7 Å². The molecule has 0 unspecified atom stereocenters. The molecule has 4 nitrogen and oxygen atoms in total. The minimum absolute atomic E-state index is 0.175. The Labute approximate surface area is 171 Å². The van der Waals surface area contributed by atoms with Gasteiger partial charge in [-0.15, -0.1) is 6.58 Å². The van der Waals surface area contributed by atoms with E-state index in [0.717, 1.165) is 12.2 Å². The standard InChI is InChI=1S/C23H24ClN3O/c1-3-14-27(23(28)25-21-12-10-20(24)11-13-21)17-22-9-6-15-26(22)16-19-8-5-4-7-18(19)2/h3-13,15H,1,14,16-17H2,2H3,(H,25,28). The molecule has 0 spiro atoms. The summed E-state index contributed by atoms with van der Waals surface area (Å²) in [5, 5.41) is 3.55. The number of halogens is 1. The van der Waals surface area contributed by atoms with E-state index in [0.29, 0.717) is 23.8 Å². The number of hydrogen-bond acceptors (Lipinski definition) is 1. The largest absolute Gasteiger partial charge is 0.345 e. The van der Waals surface area contributed by atoms with E-state index in [1.807, 2.05) is 24.4 Å². The van der Waals surface area contributed by atoms with Gasteiger partial charge in [-0.1, -0.05) is 41.9 Å². The van der Waals surface area contributed by atoms with Crippen LogP contribution >= 0.6 is 11.6 Å². The second kappa shape index (κ2) is 9.29. The highest BCUT2D eigenvalue weighted by Gasteiger charge is 2.15. The maximum atomic E-state index is 12.8. The van der Waals surface area contributed by atoms with Crippen LogP contribution in [0.15, 0.2) is 79.5 Å². The first-order valence-electron chi connectivity index (χ1n) is 9.17. The van der Waals surface area contributed by atoms with Crippen molar-refractivity contribution in [1.29, 1.82) is 0 Å². The zero-order chi connectivity index (χ0) is 19.9. The predicted molar refractivity (Wildman–Crippen MR) is 116 cm³/mol. The zero-order valence-electron chi connectivity index (χ0n) is 15.9. The molecule has 0 aliphatic rings. The number of urea groups is 1. The lowest BCUT2D eigenvalue weighted by atomic mass is 10.1. The smallest absolute Gasteiger partial charge is 0.322 e. The molecule has 1 N–H and O–H groups in total. The lowest BCUT2D eigenvalue weighted by molar-refractivity contribution is 0.214. The van der Waals surface area contributed by atoms with E-state index in [1.54, 1.807) is 35.2 Å². The molecular weight excluding hydrogens is 370 g/mol. The summed E-state index contributed by atoms with van der Waals surface area (Å²) in [6.45, 7) is 7.62. The van der Waals surface area contributed by atoms with Gasteiger partial charge in [-0.25, -0.2) is 4.79 Å². The van der Waals surface area contributed by atoms with Crippen molar-refractivity contribution in [3.8, 4) is 0 Å². The summed E-state index contributed by atoms with van der Waals surface area (Å²) >= 11 is 5.91. The molecule has 28 heavy (non-hydrogen) atoms. The molecule has 2 aromatic carbocycles. The third-order valence-corrected chi connectivity index (χ3v) is 4.86. The molecule has 0 saturated heterocycles. The lowest BCUT2D eigenvalue weighted by Crippen LogP contribution is -2.35. The van der Waals surface area contributed by atoms with E-state index in [2.05, 4.69) is 41.6 Å². The first-order valence-corrected chi connectivity index (χ1v) is 9.55. The molecule has 0 saturated carbocycles. The van der Waals surface area contributed by atoms with Gasteiger partial charge < -0.3 is 14.8 Å². The highest BCUT2D eigenvalue weighted by atomic mass is 35.5. The maximum absolute atomic E-state index is 12.8. The summed E-state index contributed by atoms with van der Waals surface area (Å²) in [6.07, 6.45) is 3.78. The van der Waals surface area contributed by atoms with E-state index in [9.17, 15) is 4.79 Å². The van der Waals surface area contributed by atoms with Crippen LogP contribution in [0.5, 0.6) is 0 Å². The van der Waals surface area contributed by atoms with Crippen LogP contribution < -0.4 is 5.32 Å². The Kier molecular flexibility index (Phi) is 6.56. The van der Waals surface area contributed by atoms with Gasteiger partial charge in [-0.3, -0.25) is 0 Å². The second-order valence-electron chi connectivity index (χ2n) is 6.66. The summed E-state index contributed by atoms with van der Waals surface area (Å²) in [6, 6.07) is 19.3. The normalized spacial score (nSPS) is 10.5. The van der Waals surface area contributed by atoms with Crippen LogP contribution in [-0.2, 0) is 13.1 Å². The van der Waals surface area contributed by atoms with E-state index in [4.69, 9.17) is 11.6 Å². The van der Waals surface area contributed by atoms with Crippen molar-refractivity contribution >= 4 is 23.3 Å². The van der Waals surface area contributed by atoms with Crippen LogP contribution in [0.3, 0.4) is 0 Å². The minimum atomic E-state index is -0.175. The maximum Gasteiger partial charge on any atom is 0.322 e. The number of aryl methyl sites for hydroxylation is 1. The molecule has 5 heteroatoms. The van der Waals surface area contributed by atoms with Gasteiger partial charge in [-0.2, -0.15) is 0 Å². The van der Waals surface area contributed by atoms with Crippen molar-refractivity contribution in [1.82, 2.24) is 9.47 Å². The molecule has 0 radical (unpaired) electrons. The molecule has 0 bridgehead atoms. The quantitative estimate of drug-likeness (QED) is 0.512. The molecule has 3 rings (SSSR count). The van der Waals surface area contributed by atoms with Crippen LogP contribution in [0.4, 0.5) is 10.5 Å². The zero-order valence-corrected chi connectivity index (χ0v) is 16.7. The van der Waals surface area contributed by atoms with E-state index < -0.39 is 0 Å². The number of hydrogen-bond donors (Lipinski definition) is 1. The second-order valence-corrected chi connectivity index (χ2v) is 7.10. The monoisotopic (exact) mass is 393 g/mol. The summed E-state index contributed by atoms with van der Waals surface area (Å²) in [5.74, 6) is 0. The number of aromatic nitrogens is 1. The van der Waals surface area contributed by atoms with Crippen LogP contribution in [0, 0.1) is 6.92 Å². The molecule has 144 valence electrons. The number of carbonyl (C=O) groups excluding carboxylic acids is 1. The highest BCUT2D eigenvalue weighted by molar-refractivity contribution is 6.30. The van der Waals surface area contributed by atoms with Crippen LogP contribution in [-0.4, -0.2) is 22.0 Å². The van der Waals surface area contributed by atoms with Crippen LogP contribution in [0.2, 0.25) is 5.02 Å². The average molecular weight is 394 g/mol. The number of nitrogens with one attached hydrogen (secondary N) is 1. The summed E-state index contributed by atoms with van der Waals surface area (Å²) < 4.78 is 2.17. The molecule has 0 atom stereocenters. The molecule has 0 aliphatic carbocycles. The predicted octanol–water partition coefficient (Wildman–Crippen LogP) is 5.72. The molecule has 3 aromatic rings. The Morgan fingerprint density at radius 3 is 2.61 bits per heavy atom. The fraction of sp³-hybridized carbons (Fsp3) is 0.174. The first-order chi connectivity index (χ1) is 13.6. The van der Waals surface area contributed by atoms with Gasteiger partial charge >= 0.3 is 6.03 Å². The Balaban J connectivity index is 1.73. The molecular formula is C23H24ClN3O. The van der Waals surface area contributed by atoms with E-state index >= 15 is 0 Å². The van der Waals surface area contributed by atoms with E-state index in [-0.39, 0.29) is 6.03 Å². The van der Waals surface area contributed by atoms with Crippen molar-refractivity contribution in [2.45, 2.75) is 20.0 Å². The highest BCUT2D eigenvalue weighted by Crippen LogP contribution is 2.16. The van der Waals surface area contributed by atoms with Crippen LogP contribution in [0.1, 0.15) is 16.8 Å². The van der Waals surface area contributed by atoms with Gasteiger partial charge in [-0.05, 0) is 54.4 Å². The summed E-state index contributed by atoms with van der Waals surface area (Å²) in [5.41, 5.74) is 4.29. The Morgan fingerprint density at radius 2 is 1.89 bits per heavy atom. The molecule has 0 aliphatic heterocycles. The topological polar surface area (TPSA) is 37.3 Å². The Hall–Kier alpha value is -2.98. The van der Waals surface area contributed by atoms with Gasteiger partial charge in [0.05, 0.1) is 6.54 Å². The van der Waals surface area contributed by atoms with Crippen molar-refractivity contribution in [3.05, 3.63) is 101 Å². The number of rotatable bonds is 7. The van der Waals surface area contributed by atoms with Gasteiger partial charge in [0.25, 0.3) is 0 Å². The Morgan fingerprint density at radius 1 is 1.14 bits per heavy atom. The number of amides is 2.